The van der Waals surface area contributed by atoms with Crippen molar-refractivity contribution in [2.45, 2.75) is 20.8 Å². The Morgan fingerprint density at radius 2 is 1.33 bits per heavy atom. The first-order valence-electron chi connectivity index (χ1n) is 6.77. The highest BCUT2D eigenvalue weighted by molar-refractivity contribution is 9.10. The first-order chi connectivity index (χ1) is 9.94. The molecule has 0 radical (unpaired) electrons. The maximum Gasteiger partial charge on any atom is 0.308 e. The van der Waals surface area contributed by atoms with Crippen molar-refractivity contribution in [2.24, 2.45) is 0 Å². The summed E-state index contributed by atoms with van der Waals surface area (Å²) in [5.74, 6) is 0.237. The minimum atomic E-state index is -0.317. The Labute approximate surface area is 131 Å². The topological polar surface area (TPSA) is 26.3 Å². The summed E-state index contributed by atoms with van der Waals surface area (Å²) >= 11 is 3.46. The van der Waals surface area contributed by atoms with Crippen LogP contribution in [0.25, 0.3) is 21.5 Å². The maximum absolute atomic E-state index is 11.2. The number of carbonyl (C=O) groups is 1. The van der Waals surface area contributed by atoms with Gasteiger partial charge < -0.3 is 4.74 Å². The van der Waals surface area contributed by atoms with Crippen LogP contribution in [0.1, 0.15) is 18.1 Å². The third-order valence-electron chi connectivity index (χ3n) is 3.71. The quantitative estimate of drug-likeness (QED) is 0.341. The molecule has 0 unspecified atom stereocenters. The number of hydrogen-bond donors (Lipinski definition) is 0. The van der Waals surface area contributed by atoms with E-state index >= 15 is 0 Å². The molecule has 3 heteroatoms. The van der Waals surface area contributed by atoms with E-state index in [0.717, 1.165) is 15.2 Å². The van der Waals surface area contributed by atoms with Crippen molar-refractivity contribution in [3.63, 3.8) is 0 Å². The van der Waals surface area contributed by atoms with E-state index in [1.807, 2.05) is 12.1 Å². The van der Waals surface area contributed by atoms with Crippen molar-refractivity contribution >= 4 is 43.4 Å². The van der Waals surface area contributed by atoms with Crippen LogP contribution in [-0.4, -0.2) is 5.97 Å². The molecule has 0 fully saturated rings. The van der Waals surface area contributed by atoms with Crippen LogP contribution in [0.3, 0.4) is 0 Å². The molecule has 0 N–H and O–H groups in total. The van der Waals surface area contributed by atoms with Gasteiger partial charge in [-0.2, -0.15) is 0 Å². The fourth-order valence-corrected chi connectivity index (χ4v) is 2.96. The Kier molecular flexibility index (Phi) is 3.46. The lowest BCUT2D eigenvalue weighted by atomic mass is 9.99. The van der Waals surface area contributed by atoms with Crippen LogP contribution in [0, 0.1) is 13.8 Å². The molecule has 0 aliphatic rings. The monoisotopic (exact) mass is 342 g/mol. The van der Waals surface area contributed by atoms with Gasteiger partial charge in [-0.05, 0) is 86.7 Å². The molecule has 0 atom stereocenters. The fraction of sp³-hybridized carbons (Fsp3) is 0.167. The molecule has 21 heavy (non-hydrogen) atoms. The van der Waals surface area contributed by atoms with E-state index in [-0.39, 0.29) is 5.97 Å². The van der Waals surface area contributed by atoms with Crippen LogP contribution in [0.4, 0.5) is 0 Å². The number of halogens is 1. The SMILES string of the molecule is CC(=O)Oc1cc2cc3cc(C)c(C)cc3cc2cc1Br. The molecule has 3 rings (SSSR count). The van der Waals surface area contributed by atoms with E-state index in [9.17, 15) is 4.79 Å². The molecule has 0 amide bonds. The molecule has 0 aliphatic carbocycles. The van der Waals surface area contributed by atoms with E-state index in [4.69, 9.17) is 4.74 Å². The average Bonchev–Trinajstić information content (AvgIpc) is 2.39. The third-order valence-corrected chi connectivity index (χ3v) is 4.33. The van der Waals surface area contributed by atoms with Gasteiger partial charge in [-0.25, -0.2) is 0 Å². The van der Waals surface area contributed by atoms with Crippen molar-refractivity contribution in [3.8, 4) is 5.75 Å². The number of aryl methyl sites for hydroxylation is 2. The normalized spacial score (nSPS) is 11.0. The summed E-state index contributed by atoms with van der Waals surface area (Å²) in [7, 11) is 0. The lowest BCUT2D eigenvalue weighted by Crippen LogP contribution is -2.01. The van der Waals surface area contributed by atoms with Gasteiger partial charge in [0.1, 0.15) is 5.75 Å². The Morgan fingerprint density at radius 1 is 0.857 bits per heavy atom. The average molecular weight is 343 g/mol. The molecule has 106 valence electrons. The van der Waals surface area contributed by atoms with Gasteiger partial charge in [-0.3, -0.25) is 4.79 Å². The maximum atomic E-state index is 11.2. The Hall–Kier alpha value is -1.87. The van der Waals surface area contributed by atoms with E-state index in [1.54, 1.807) is 0 Å². The molecule has 2 nitrogen and oxygen atoms in total. The summed E-state index contributed by atoms with van der Waals surface area (Å²) in [6.07, 6.45) is 0. The van der Waals surface area contributed by atoms with Crippen molar-refractivity contribution < 1.29 is 9.53 Å². The molecule has 0 heterocycles. The number of esters is 1. The van der Waals surface area contributed by atoms with Gasteiger partial charge in [0.2, 0.25) is 0 Å². The molecule has 0 spiro atoms. The number of fused-ring (bicyclic) bond motifs is 2. The largest absolute Gasteiger partial charge is 0.425 e. The molecule has 0 aliphatic heterocycles. The minimum absolute atomic E-state index is 0.317. The van der Waals surface area contributed by atoms with Crippen LogP contribution >= 0.6 is 15.9 Å². The van der Waals surface area contributed by atoms with Crippen LogP contribution in [-0.2, 0) is 4.79 Å². The van der Waals surface area contributed by atoms with Crippen molar-refractivity contribution in [3.05, 3.63) is 52.0 Å². The summed E-state index contributed by atoms with van der Waals surface area (Å²) in [5, 5.41) is 4.60. The summed E-state index contributed by atoms with van der Waals surface area (Å²) in [6, 6.07) is 12.6. The second-order valence-corrected chi connectivity index (χ2v) is 6.21. The smallest absolute Gasteiger partial charge is 0.308 e. The zero-order valence-electron chi connectivity index (χ0n) is 12.2. The fourth-order valence-electron chi connectivity index (χ4n) is 2.51. The summed E-state index contributed by atoms with van der Waals surface area (Å²) in [6.45, 7) is 5.65. The second kappa shape index (κ2) is 5.15. The van der Waals surface area contributed by atoms with E-state index in [2.05, 4.69) is 54.0 Å². The van der Waals surface area contributed by atoms with E-state index in [0.29, 0.717) is 5.75 Å². The molecular formula is C18H15BrO2. The van der Waals surface area contributed by atoms with Gasteiger partial charge in [0, 0.05) is 6.92 Å². The van der Waals surface area contributed by atoms with Gasteiger partial charge in [0.05, 0.1) is 4.47 Å². The van der Waals surface area contributed by atoms with E-state index in [1.165, 1.54) is 28.8 Å². The first kappa shape index (κ1) is 14.1. The molecule has 0 saturated heterocycles. The number of rotatable bonds is 1. The molecule has 0 aromatic heterocycles. The lowest BCUT2D eigenvalue weighted by molar-refractivity contribution is -0.131. The summed E-state index contributed by atoms with van der Waals surface area (Å²) in [5.41, 5.74) is 2.57. The Balaban J connectivity index is 2.27. The van der Waals surface area contributed by atoms with Crippen molar-refractivity contribution in [2.75, 3.05) is 0 Å². The van der Waals surface area contributed by atoms with Crippen LogP contribution in [0.5, 0.6) is 5.75 Å². The highest BCUT2D eigenvalue weighted by Gasteiger charge is 2.08. The Bertz CT molecular complexity index is 881. The zero-order chi connectivity index (χ0) is 15.1. The van der Waals surface area contributed by atoms with Gasteiger partial charge >= 0.3 is 5.97 Å². The van der Waals surface area contributed by atoms with Gasteiger partial charge in [-0.15, -0.1) is 0 Å². The van der Waals surface area contributed by atoms with Crippen LogP contribution in [0.15, 0.2) is 40.9 Å². The van der Waals surface area contributed by atoms with Crippen molar-refractivity contribution in [1.29, 1.82) is 0 Å². The standard InChI is InChI=1S/C18H15BrO2/c1-10-4-13-6-15-8-17(19)18(21-12(3)20)9-16(15)7-14(13)5-11(10)2/h4-9H,1-3H3. The van der Waals surface area contributed by atoms with Crippen molar-refractivity contribution in [1.82, 2.24) is 0 Å². The number of ether oxygens (including phenoxy) is 1. The zero-order valence-corrected chi connectivity index (χ0v) is 13.7. The van der Waals surface area contributed by atoms with E-state index < -0.39 is 0 Å². The molecular weight excluding hydrogens is 328 g/mol. The molecule has 0 bridgehead atoms. The number of hydrogen-bond acceptors (Lipinski definition) is 2. The van der Waals surface area contributed by atoms with Gasteiger partial charge in [-0.1, -0.05) is 12.1 Å². The minimum Gasteiger partial charge on any atom is -0.425 e. The third kappa shape index (κ3) is 2.66. The van der Waals surface area contributed by atoms with Crippen LogP contribution in [0.2, 0.25) is 0 Å². The highest BCUT2D eigenvalue weighted by Crippen LogP contribution is 2.33. The molecule has 3 aromatic carbocycles. The highest BCUT2D eigenvalue weighted by atomic mass is 79.9. The first-order valence-corrected chi connectivity index (χ1v) is 7.56. The number of carbonyl (C=O) groups excluding carboxylic acids is 1. The predicted octanol–water partition coefficient (Wildman–Crippen LogP) is 5.30. The summed E-state index contributed by atoms with van der Waals surface area (Å²) in [4.78, 5) is 11.2. The second-order valence-electron chi connectivity index (χ2n) is 5.36. The Morgan fingerprint density at radius 3 is 1.86 bits per heavy atom. The molecule has 3 aromatic rings. The lowest BCUT2D eigenvalue weighted by Gasteiger charge is -2.09. The van der Waals surface area contributed by atoms with Gasteiger partial charge in [0.25, 0.3) is 0 Å². The van der Waals surface area contributed by atoms with Crippen LogP contribution < -0.4 is 4.74 Å². The summed E-state index contributed by atoms with van der Waals surface area (Å²) < 4.78 is 6.01. The molecule has 0 saturated carbocycles. The predicted molar refractivity (Wildman–Crippen MR) is 89.9 cm³/mol. The number of benzene rings is 3. The van der Waals surface area contributed by atoms with Gasteiger partial charge in [0.15, 0.2) is 0 Å².